The normalized spacial score (nSPS) is 25.2. The molecule has 3 rings (SSSR count). The number of carboxylic acids is 1. The predicted octanol–water partition coefficient (Wildman–Crippen LogP) is 1.67. The van der Waals surface area contributed by atoms with Crippen molar-refractivity contribution >= 4 is 23.5 Å². The van der Waals surface area contributed by atoms with E-state index in [9.17, 15) is 27.6 Å². The molecule has 10 heteroatoms. The summed E-state index contributed by atoms with van der Waals surface area (Å²) in [4.78, 5) is 38.2. The van der Waals surface area contributed by atoms with Crippen LogP contribution in [0.3, 0.4) is 0 Å². The van der Waals surface area contributed by atoms with Gasteiger partial charge in [-0.3, -0.25) is 19.3 Å². The summed E-state index contributed by atoms with van der Waals surface area (Å²) < 4.78 is 45.3. The molecule has 0 radical (unpaired) electrons. The van der Waals surface area contributed by atoms with Gasteiger partial charge in [-0.15, -0.1) is 0 Å². The molecule has 1 aromatic rings. The van der Waals surface area contributed by atoms with Crippen LogP contribution in [0, 0.1) is 5.41 Å². The number of alkyl halides is 3. The molecular weight excluding hydrogens is 369 g/mol. The number of amides is 2. The molecule has 2 atom stereocenters. The zero-order valence-electron chi connectivity index (χ0n) is 14.3. The fourth-order valence-electron chi connectivity index (χ4n) is 3.31. The highest BCUT2D eigenvalue weighted by Gasteiger charge is 2.64. The van der Waals surface area contributed by atoms with Crippen LogP contribution in [0.15, 0.2) is 24.3 Å². The van der Waals surface area contributed by atoms with Crippen LogP contribution in [0.2, 0.25) is 0 Å². The van der Waals surface area contributed by atoms with Gasteiger partial charge in [-0.1, -0.05) is 12.1 Å². The van der Waals surface area contributed by atoms with Crippen molar-refractivity contribution in [3.05, 3.63) is 24.3 Å². The van der Waals surface area contributed by atoms with Crippen LogP contribution in [-0.4, -0.2) is 59.7 Å². The van der Waals surface area contributed by atoms with E-state index in [0.29, 0.717) is 11.4 Å². The lowest BCUT2D eigenvalue weighted by molar-refractivity contribution is -0.227. The fourth-order valence-corrected chi connectivity index (χ4v) is 3.31. The minimum Gasteiger partial charge on any atom is -0.481 e. The highest BCUT2D eigenvalue weighted by molar-refractivity contribution is 6.03. The molecule has 7 nitrogen and oxygen atoms in total. The van der Waals surface area contributed by atoms with Gasteiger partial charge in [0.1, 0.15) is 12.3 Å². The third-order valence-electron chi connectivity index (χ3n) is 4.94. The van der Waals surface area contributed by atoms with E-state index < -0.39 is 55.0 Å². The van der Waals surface area contributed by atoms with Crippen LogP contribution in [-0.2, 0) is 14.4 Å². The molecule has 1 fully saturated rings. The number of aliphatic carboxylic acids is 1. The van der Waals surface area contributed by atoms with Crippen LogP contribution in [0.5, 0.6) is 5.75 Å². The average Bonchev–Trinajstić information content (AvgIpc) is 3.06. The summed E-state index contributed by atoms with van der Waals surface area (Å²) in [5, 5.41) is 9.09. The summed E-state index contributed by atoms with van der Waals surface area (Å²) in [6.07, 6.45) is -6.55. The highest BCUT2D eigenvalue weighted by atomic mass is 19.4. The summed E-state index contributed by atoms with van der Waals surface area (Å²) in [6, 6.07) is 6.50. The molecule has 0 aliphatic carbocycles. The molecule has 1 aromatic carbocycles. The monoisotopic (exact) mass is 386 g/mol. The highest BCUT2D eigenvalue weighted by Crippen LogP contribution is 2.45. The SMILES string of the molecule is CC1Oc2ccccc2N(CC(=O)N2CCC(C(=O)O)(C(F)(F)F)C2)C1=O. The van der Waals surface area contributed by atoms with Crippen LogP contribution < -0.4 is 9.64 Å². The summed E-state index contributed by atoms with van der Waals surface area (Å²) >= 11 is 0. The summed E-state index contributed by atoms with van der Waals surface area (Å²) in [7, 11) is 0. The predicted molar refractivity (Wildman–Crippen MR) is 86.2 cm³/mol. The number of benzene rings is 1. The Morgan fingerprint density at radius 2 is 2.00 bits per heavy atom. The Morgan fingerprint density at radius 3 is 2.59 bits per heavy atom. The average molecular weight is 386 g/mol. The number of rotatable bonds is 3. The van der Waals surface area contributed by atoms with Crippen molar-refractivity contribution in [1.82, 2.24) is 4.90 Å². The molecule has 0 aromatic heterocycles. The van der Waals surface area contributed by atoms with E-state index in [4.69, 9.17) is 9.84 Å². The Hall–Kier alpha value is -2.78. The van der Waals surface area contributed by atoms with Gasteiger partial charge in [0, 0.05) is 13.1 Å². The van der Waals surface area contributed by atoms with Crippen molar-refractivity contribution in [1.29, 1.82) is 0 Å². The number of halogens is 3. The minimum absolute atomic E-state index is 0.341. The number of nitrogens with zero attached hydrogens (tertiary/aromatic N) is 2. The van der Waals surface area contributed by atoms with E-state index in [1.165, 1.54) is 6.92 Å². The topological polar surface area (TPSA) is 87.2 Å². The maximum Gasteiger partial charge on any atom is 0.406 e. The summed E-state index contributed by atoms with van der Waals surface area (Å²) in [5.41, 5.74) is -2.64. The number of carbonyl (C=O) groups excluding carboxylic acids is 2. The first kappa shape index (κ1) is 19.0. The molecule has 2 unspecified atom stereocenters. The molecule has 2 aliphatic heterocycles. The molecule has 0 saturated carbocycles. The van der Waals surface area contributed by atoms with Crippen molar-refractivity contribution in [2.24, 2.45) is 5.41 Å². The van der Waals surface area contributed by atoms with Gasteiger partial charge in [0.15, 0.2) is 11.5 Å². The van der Waals surface area contributed by atoms with E-state index in [1.807, 2.05) is 0 Å². The Labute approximate surface area is 152 Å². The standard InChI is InChI=1S/C17H17F3N2O5/c1-10-14(24)22(11-4-2-3-5-12(11)27-10)8-13(23)21-7-6-16(9-21,15(25)26)17(18,19)20/h2-5,10H,6-9H2,1H3,(H,25,26). The molecule has 2 amide bonds. The molecule has 1 N–H and O–H groups in total. The number of hydrogen-bond acceptors (Lipinski definition) is 4. The maximum atomic E-state index is 13.3. The van der Waals surface area contributed by atoms with Crippen LogP contribution in [0.4, 0.5) is 18.9 Å². The molecule has 27 heavy (non-hydrogen) atoms. The number of hydrogen-bond donors (Lipinski definition) is 1. The second-order valence-corrected chi connectivity index (χ2v) is 6.60. The lowest BCUT2D eigenvalue weighted by Gasteiger charge is -2.33. The molecule has 0 spiro atoms. The zero-order valence-corrected chi connectivity index (χ0v) is 14.3. The molecular formula is C17H17F3N2O5. The van der Waals surface area contributed by atoms with E-state index in [1.54, 1.807) is 24.3 Å². The lowest BCUT2D eigenvalue weighted by atomic mass is 9.86. The van der Waals surface area contributed by atoms with Gasteiger partial charge in [-0.2, -0.15) is 13.2 Å². The first-order chi connectivity index (χ1) is 12.6. The largest absolute Gasteiger partial charge is 0.481 e. The smallest absolute Gasteiger partial charge is 0.406 e. The third-order valence-corrected chi connectivity index (χ3v) is 4.94. The Morgan fingerprint density at radius 1 is 1.33 bits per heavy atom. The molecule has 0 bridgehead atoms. The first-order valence-electron chi connectivity index (χ1n) is 8.22. The number of fused-ring (bicyclic) bond motifs is 1. The van der Waals surface area contributed by atoms with Gasteiger partial charge < -0.3 is 14.7 Å². The number of carboxylic acid groups (broad SMARTS) is 1. The number of likely N-dealkylation sites (tertiary alicyclic amines) is 1. The minimum atomic E-state index is -4.98. The van der Waals surface area contributed by atoms with Gasteiger partial charge in [0.2, 0.25) is 5.91 Å². The Kier molecular flexibility index (Phi) is 4.52. The van der Waals surface area contributed by atoms with E-state index in [0.717, 1.165) is 9.80 Å². The second-order valence-electron chi connectivity index (χ2n) is 6.60. The van der Waals surface area contributed by atoms with Gasteiger partial charge in [0.25, 0.3) is 5.91 Å². The molecule has 146 valence electrons. The number of carbonyl (C=O) groups is 3. The van der Waals surface area contributed by atoms with Gasteiger partial charge in [-0.25, -0.2) is 0 Å². The molecule has 2 heterocycles. The maximum absolute atomic E-state index is 13.3. The quantitative estimate of drug-likeness (QED) is 0.854. The van der Waals surface area contributed by atoms with Crippen LogP contribution >= 0.6 is 0 Å². The zero-order chi connectivity index (χ0) is 20.0. The van der Waals surface area contributed by atoms with Crippen LogP contribution in [0.25, 0.3) is 0 Å². The Balaban J connectivity index is 1.80. The lowest BCUT2D eigenvalue weighted by Crippen LogP contribution is -2.51. The van der Waals surface area contributed by atoms with Gasteiger partial charge >= 0.3 is 12.1 Å². The number of para-hydroxylation sites is 2. The fraction of sp³-hybridized carbons (Fsp3) is 0.471. The number of anilines is 1. The van der Waals surface area contributed by atoms with Crippen molar-refractivity contribution < 1.29 is 37.4 Å². The van der Waals surface area contributed by atoms with E-state index in [2.05, 4.69) is 0 Å². The van der Waals surface area contributed by atoms with E-state index in [-0.39, 0.29) is 6.54 Å². The van der Waals surface area contributed by atoms with Crippen molar-refractivity contribution in [2.75, 3.05) is 24.5 Å². The Bertz CT molecular complexity index is 797. The first-order valence-corrected chi connectivity index (χ1v) is 8.22. The summed E-state index contributed by atoms with van der Waals surface area (Å²) in [5.74, 6) is -2.87. The van der Waals surface area contributed by atoms with Crippen molar-refractivity contribution in [2.45, 2.75) is 25.6 Å². The third kappa shape index (κ3) is 3.08. The van der Waals surface area contributed by atoms with Gasteiger partial charge in [0.05, 0.1) is 5.69 Å². The van der Waals surface area contributed by atoms with Crippen LogP contribution in [0.1, 0.15) is 13.3 Å². The van der Waals surface area contributed by atoms with E-state index >= 15 is 0 Å². The molecule has 1 saturated heterocycles. The molecule has 2 aliphatic rings. The van der Waals surface area contributed by atoms with Crippen molar-refractivity contribution in [3.63, 3.8) is 0 Å². The summed E-state index contributed by atoms with van der Waals surface area (Å²) in [6.45, 7) is -0.303. The second kappa shape index (κ2) is 6.43. The van der Waals surface area contributed by atoms with Gasteiger partial charge in [-0.05, 0) is 25.5 Å². The number of ether oxygens (including phenoxy) is 1. The van der Waals surface area contributed by atoms with Crippen molar-refractivity contribution in [3.8, 4) is 5.75 Å².